The predicted molar refractivity (Wildman–Crippen MR) is 67.6 cm³/mol. The number of nitrogens with zero attached hydrogens (tertiary/aromatic N) is 2. The average molecular weight is 244 g/mol. The number of fused-ring (bicyclic) bond motifs is 1. The average Bonchev–Trinajstić information content (AvgIpc) is 2.39. The standard InChI is InChI=1S/C12H12N4O2/c17-10-7-16(6-5-13-10)12-14-9-4-2-1-3-8(9)11(18)15-12/h1-4H,5-7H2,(H,13,17)(H,14,15,18). The van der Waals surface area contributed by atoms with Gasteiger partial charge in [-0.05, 0) is 12.1 Å². The van der Waals surface area contributed by atoms with Gasteiger partial charge in [0, 0.05) is 13.1 Å². The van der Waals surface area contributed by atoms with E-state index in [1.54, 1.807) is 23.1 Å². The van der Waals surface area contributed by atoms with Crippen molar-refractivity contribution in [3.05, 3.63) is 34.6 Å². The van der Waals surface area contributed by atoms with Gasteiger partial charge in [0.25, 0.3) is 5.56 Å². The molecule has 0 atom stereocenters. The van der Waals surface area contributed by atoms with Crippen molar-refractivity contribution >= 4 is 22.8 Å². The largest absolute Gasteiger partial charge is 0.353 e. The van der Waals surface area contributed by atoms with Crippen LogP contribution in [0.4, 0.5) is 5.95 Å². The molecule has 6 heteroatoms. The molecule has 6 nitrogen and oxygen atoms in total. The first kappa shape index (κ1) is 10.8. The topological polar surface area (TPSA) is 78.1 Å². The quantitative estimate of drug-likeness (QED) is 0.732. The number of nitrogens with one attached hydrogen (secondary N) is 2. The molecule has 18 heavy (non-hydrogen) atoms. The maximum atomic E-state index is 11.9. The third kappa shape index (κ3) is 1.81. The summed E-state index contributed by atoms with van der Waals surface area (Å²) in [5.41, 5.74) is 0.462. The zero-order valence-corrected chi connectivity index (χ0v) is 9.64. The Morgan fingerprint density at radius 2 is 2.06 bits per heavy atom. The van der Waals surface area contributed by atoms with E-state index in [4.69, 9.17) is 0 Å². The molecule has 1 aliphatic heterocycles. The van der Waals surface area contributed by atoms with Gasteiger partial charge in [0.1, 0.15) is 0 Å². The predicted octanol–water partition coefficient (Wildman–Crippen LogP) is -0.141. The van der Waals surface area contributed by atoms with Gasteiger partial charge in [0.2, 0.25) is 11.9 Å². The number of benzene rings is 1. The number of carbonyl (C=O) groups is 1. The highest BCUT2D eigenvalue weighted by atomic mass is 16.2. The zero-order valence-electron chi connectivity index (χ0n) is 9.64. The molecule has 0 saturated carbocycles. The number of rotatable bonds is 1. The fraction of sp³-hybridized carbons (Fsp3) is 0.250. The van der Waals surface area contributed by atoms with Crippen LogP contribution in [0.25, 0.3) is 10.9 Å². The van der Waals surface area contributed by atoms with Gasteiger partial charge in [0.05, 0.1) is 17.4 Å². The number of para-hydroxylation sites is 1. The van der Waals surface area contributed by atoms with Gasteiger partial charge in [0.15, 0.2) is 0 Å². The smallest absolute Gasteiger partial charge is 0.260 e. The summed E-state index contributed by atoms with van der Waals surface area (Å²) in [5, 5.41) is 3.29. The zero-order chi connectivity index (χ0) is 12.5. The SMILES string of the molecule is O=C1CN(c2nc3ccccc3c(=O)[nH]2)CCN1. The summed E-state index contributed by atoms with van der Waals surface area (Å²) < 4.78 is 0. The molecule has 3 rings (SSSR count). The lowest BCUT2D eigenvalue weighted by molar-refractivity contribution is -0.120. The molecule has 1 saturated heterocycles. The Balaban J connectivity index is 2.07. The van der Waals surface area contributed by atoms with Crippen LogP contribution in [0.1, 0.15) is 0 Å². The Kier molecular flexibility index (Phi) is 2.47. The summed E-state index contributed by atoms with van der Waals surface area (Å²) in [5.74, 6) is 0.394. The van der Waals surface area contributed by atoms with Crippen molar-refractivity contribution in [2.24, 2.45) is 0 Å². The molecule has 0 bridgehead atoms. The number of hydrogen-bond acceptors (Lipinski definition) is 4. The van der Waals surface area contributed by atoms with Crippen molar-refractivity contribution < 1.29 is 4.79 Å². The highest BCUT2D eigenvalue weighted by Gasteiger charge is 2.18. The number of hydrogen-bond donors (Lipinski definition) is 2. The van der Waals surface area contributed by atoms with Gasteiger partial charge in [-0.2, -0.15) is 0 Å². The first-order chi connectivity index (χ1) is 8.74. The van der Waals surface area contributed by atoms with Crippen LogP contribution in [-0.4, -0.2) is 35.5 Å². The number of piperazine rings is 1. The van der Waals surface area contributed by atoms with Crippen molar-refractivity contribution in [1.29, 1.82) is 0 Å². The highest BCUT2D eigenvalue weighted by molar-refractivity contribution is 5.83. The van der Waals surface area contributed by atoms with E-state index in [0.29, 0.717) is 29.9 Å². The molecule has 1 aromatic heterocycles. The summed E-state index contributed by atoms with van der Waals surface area (Å²) in [6, 6.07) is 7.15. The van der Waals surface area contributed by atoms with Crippen LogP contribution in [0.2, 0.25) is 0 Å². The molecule has 2 heterocycles. The van der Waals surface area contributed by atoms with Crippen LogP contribution in [0.3, 0.4) is 0 Å². The Morgan fingerprint density at radius 1 is 1.22 bits per heavy atom. The minimum atomic E-state index is -0.179. The number of aromatic nitrogens is 2. The Hall–Kier alpha value is -2.37. The number of anilines is 1. The lowest BCUT2D eigenvalue weighted by Crippen LogP contribution is -2.48. The van der Waals surface area contributed by atoms with Crippen LogP contribution in [-0.2, 0) is 4.79 Å². The second kappa shape index (κ2) is 4.14. The molecule has 1 aromatic carbocycles. The van der Waals surface area contributed by atoms with Gasteiger partial charge in [-0.1, -0.05) is 12.1 Å². The maximum Gasteiger partial charge on any atom is 0.260 e. The van der Waals surface area contributed by atoms with Crippen LogP contribution >= 0.6 is 0 Å². The van der Waals surface area contributed by atoms with E-state index in [0.717, 1.165) is 0 Å². The second-order valence-corrected chi connectivity index (χ2v) is 4.18. The number of H-pyrrole nitrogens is 1. The molecule has 1 aliphatic rings. The minimum Gasteiger partial charge on any atom is -0.353 e. The first-order valence-electron chi connectivity index (χ1n) is 5.75. The molecule has 0 unspecified atom stereocenters. The third-order valence-electron chi connectivity index (χ3n) is 2.94. The summed E-state index contributed by atoms with van der Waals surface area (Å²) in [4.78, 5) is 32.1. The lowest BCUT2D eigenvalue weighted by atomic mass is 10.2. The third-order valence-corrected chi connectivity index (χ3v) is 2.94. The van der Waals surface area contributed by atoms with E-state index in [9.17, 15) is 9.59 Å². The van der Waals surface area contributed by atoms with E-state index in [1.807, 2.05) is 6.07 Å². The summed E-state index contributed by atoms with van der Waals surface area (Å²) >= 11 is 0. The second-order valence-electron chi connectivity index (χ2n) is 4.18. The summed E-state index contributed by atoms with van der Waals surface area (Å²) in [6.45, 7) is 1.43. The molecule has 0 radical (unpaired) electrons. The van der Waals surface area contributed by atoms with Crippen LogP contribution < -0.4 is 15.8 Å². The molecular formula is C12H12N4O2. The molecule has 2 N–H and O–H groups in total. The van der Waals surface area contributed by atoms with Crippen molar-refractivity contribution in [3.8, 4) is 0 Å². The van der Waals surface area contributed by atoms with Crippen LogP contribution in [0.15, 0.2) is 29.1 Å². The Morgan fingerprint density at radius 3 is 2.89 bits per heavy atom. The number of carbonyl (C=O) groups excluding carboxylic acids is 1. The van der Waals surface area contributed by atoms with E-state index >= 15 is 0 Å². The van der Waals surface area contributed by atoms with Crippen LogP contribution in [0.5, 0.6) is 0 Å². The van der Waals surface area contributed by atoms with Crippen molar-refractivity contribution in [3.63, 3.8) is 0 Å². The maximum absolute atomic E-state index is 11.9. The Labute approximate surface area is 103 Å². The van der Waals surface area contributed by atoms with Gasteiger partial charge >= 0.3 is 0 Å². The fourth-order valence-corrected chi connectivity index (χ4v) is 2.04. The fourth-order valence-electron chi connectivity index (χ4n) is 2.04. The monoisotopic (exact) mass is 244 g/mol. The van der Waals surface area contributed by atoms with Gasteiger partial charge < -0.3 is 10.2 Å². The van der Waals surface area contributed by atoms with E-state index < -0.39 is 0 Å². The van der Waals surface area contributed by atoms with Gasteiger partial charge in [-0.15, -0.1) is 0 Å². The van der Waals surface area contributed by atoms with Gasteiger partial charge in [-0.25, -0.2) is 4.98 Å². The number of amides is 1. The summed E-state index contributed by atoms with van der Waals surface area (Å²) in [6.07, 6.45) is 0. The molecule has 0 spiro atoms. The molecular weight excluding hydrogens is 232 g/mol. The minimum absolute atomic E-state index is 0.0583. The molecule has 1 fully saturated rings. The van der Waals surface area contributed by atoms with Crippen molar-refractivity contribution in [1.82, 2.24) is 15.3 Å². The highest BCUT2D eigenvalue weighted by Crippen LogP contribution is 2.11. The van der Waals surface area contributed by atoms with E-state index in [2.05, 4.69) is 15.3 Å². The van der Waals surface area contributed by atoms with E-state index in [1.165, 1.54) is 0 Å². The lowest BCUT2D eigenvalue weighted by Gasteiger charge is -2.26. The van der Waals surface area contributed by atoms with Gasteiger partial charge in [-0.3, -0.25) is 14.6 Å². The number of aromatic amines is 1. The van der Waals surface area contributed by atoms with Crippen LogP contribution in [0, 0.1) is 0 Å². The molecule has 1 amide bonds. The normalized spacial score (nSPS) is 15.8. The Bertz CT molecular complexity index is 664. The molecule has 2 aromatic rings. The van der Waals surface area contributed by atoms with E-state index in [-0.39, 0.29) is 18.0 Å². The van der Waals surface area contributed by atoms with Crippen molar-refractivity contribution in [2.45, 2.75) is 0 Å². The molecule has 0 aliphatic carbocycles. The first-order valence-corrected chi connectivity index (χ1v) is 5.75. The van der Waals surface area contributed by atoms with Crippen molar-refractivity contribution in [2.75, 3.05) is 24.5 Å². The molecule has 92 valence electrons. The summed E-state index contributed by atoms with van der Waals surface area (Å²) in [7, 11) is 0.